The van der Waals surface area contributed by atoms with Gasteiger partial charge < -0.3 is 5.32 Å². The fourth-order valence-corrected chi connectivity index (χ4v) is 2.04. The van der Waals surface area contributed by atoms with E-state index in [9.17, 15) is 4.79 Å². The van der Waals surface area contributed by atoms with Crippen LogP contribution in [0, 0.1) is 0 Å². The molecule has 3 aromatic rings. The minimum Gasteiger partial charge on any atom is -0.351 e. The average molecular weight is 270 g/mol. The van der Waals surface area contributed by atoms with Crippen LogP contribution in [0.2, 0.25) is 0 Å². The molecule has 0 fully saturated rings. The minimum atomic E-state index is -0.147. The Morgan fingerprint density at radius 3 is 3.05 bits per heavy atom. The first-order valence-corrected chi connectivity index (χ1v) is 6.30. The quantitative estimate of drug-likeness (QED) is 0.738. The van der Waals surface area contributed by atoms with E-state index >= 15 is 0 Å². The first-order valence-electron chi connectivity index (χ1n) is 6.30. The Morgan fingerprint density at radius 1 is 1.40 bits per heavy atom. The van der Waals surface area contributed by atoms with Crippen LogP contribution in [0.1, 0.15) is 6.92 Å². The first kappa shape index (κ1) is 12.3. The summed E-state index contributed by atoms with van der Waals surface area (Å²) in [7, 11) is 0. The second kappa shape index (κ2) is 5.12. The average Bonchev–Trinajstić information content (AvgIpc) is 2.91. The lowest BCUT2D eigenvalue weighted by molar-refractivity contribution is 0.557. The molecule has 0 spiro atoms. The van der Waals surface area contributed by atoms with Crippen LogP contribution in [-0.2, 0) is 6.54 Å². The number of rotatable bonds is 4. The molecule has 1 atom stereocenters. The van der Waals surface area contributed by atoms with Crippen LogP contribution in [0.3, 0.4) is 0 Å². The molecule has 7 nitrogen and oxygen atoms in total. The van der Waals surface area contributed by atoms with Crippen molar-refractivity contribution in [1.29, 1.82) is 0 Å². The third kappa shape index (κ3) is 2.51. The number of para-hydroxylation sites is 1. The molecule has 102 valence electrons. The molecule has 0 aliphatic carbocycles. The molecule has 0 saturated carbocycles. The van der Waals surface area contributed by atoms with Gasteiger partial charge in [-0.25, -0.2) is 9.97 Å². The van der Waals surface area contributed by atoms with Gasteiger partial charge in [-0.3, -0.25) is 14.5 Å². The van der Waals surface area contributed by atoms with E-state index < -0.39 is 0 Å². The van der Waals surface area contributed by atoms with Crippen molar-refractivity contribution in [1.82, 2.24) is 24.7 Å². The van der Waals surface area contributed by atoms with Crippen molar-refractivity contribution in [3.63, 3.8) is 0 Å². The molecule has 0 aliphatic rings. The lowest BCUT2D eigenvalue weighted by Gasteiger charge is -2.14. The fraction of sp³-hybridized carbons (Fsp3) is 0.231. The fourth-order valence-electron chi connectivity index (χ4n) is 2.04. The number of fused-ring (bicyclic) bond motifs is 1. The SMILES string of the molecule is CC(Cn1cncn1)Nc1nc2ccccc2c(=O)[nH]1. The smallest absolute Gasteiger partial charge is 0.260 e. The highest BCUT2D eigenvalue weighted by Gasteiger charge is 2.07. The molecule has 1 aromatic carbocycles. The maximum Gasteiger partial charge on any atom is 0.260 e. The maximum atomic E-state index is 11.9. The molecule has 2 aromatic heterocycles. The van der Waals surface area contributed by atoms with Gasteiger partial charge in [0, 0.05) is 6.04 Å². The van der Waals surface area contributed by atoms with Gasteiger partial charge in [-0.15, -0.1) is 0 Å². The van der Waals surface area contributed by atoms with Crippen molar-refractivity contribution in [2.24, 2.45) is 0 Å². The van der Waals surface area contributed by atoms with E-state index in [1.54, 1.807) is 17.1 Å². The Hall–Kier alpha value is -2.70. The van der Waals surface area contributed by atoms with Crippen LogP contribution in [0.5, 0.6) is 0 Å². The van der Waals surface area contributed by atoms with E-state index in [4.69, 9.17) is 0 Å². The topological polar surface area (TPSA) is 88.5 Å². The van der Waals surface area contributed by atoms with Crippen molar-refractivity contribution < 1.29 is 0 Å². The van der Waals surface area contributed by atoms with Gasteiger partial charge in [-0.2, -0.15) is 5.10 Å². The molecule has 0 radical (unpaired) electrons. The Morgan fingerprint density at radius 2 is 2.25 bits per heavy atom. The predicted molar refractivity (Wildman–Crippen MR) is 75.5 cm³/mol. The zero-order valence-electron chi connectivity index (χ0n) is 10.9. The summed E-state index contributed by atoms with van der Waals surface area (Å²) in [5, 5.41) is 7.78. The van der Waals surface area contributed by atoms with Crippen molar-refractivity contribution in [3.05, 3.63) is 47.3 Å². The number of hydrogen-bond donors (Lipinski definition) is 2. The molecule has 0 amide bonds. The van der Waals surface area contributed by atoms with Gasteiger partial charge in [-0.05, 0) is 19.1 Å². The Balaban J connectivity index is 1.82. The molecule has 3 rings (SSSR count). The lowest BCUT2D eigenvalue weighted by atomic mass is 10.2. The monoisotopic (exact) mass is 270 g/mol. The van der Waals surface area contributed by atoms with E-state index in [-0.39, 0.29) is 11.6 Å². The van der Waals surface area contributed by atoms with Crippen molar-refractivity contribution in [3.8, 4) is 0 Å². The zero-order valence-corrected chi connectivity index (χ0v) is 10.9. The van der Waals surface area contributed by atoms with Gasteiger partial charge in [0.05, 0.1) is 17.4 Å². The van der Waals surface area contributed by atoms with Crippen molar-refractivity contribution >= 4 is 16.9 Å². The summed E-state index contributed by atoms with van der Waals surface area (Å²) < 4.78 is 1.72. The number of anilines is 1. The summed E-state index contributed by atoms with van der Waals surface area (Å²) in [6, 6.07) is 7.31. The van der Waals surface area contributed by atoms with Gasteiger partial charge in [0.15, 0.2) is 0 Å². The molecule has 0 bridgehead atoms. The van der Waals surface area contributed by atoms with Crippen LogP contribution in [0.25, 0.3) is 10.9 Å². The number of aromatic nitrogens is 5. The molecule has 20 heavy (non-hydrogen) atoms. The number of hydrogen-bond acceptors (Lipinski definition) is 5. The molecule has 2 heterocycles. The highest BCUT2D eigenvalue weighted by Crippen LogP contribution is 2.08. The molecule has 2 N–H and O–H groups in total. The van der Waals surface area contributed by atoms with Gasteiger partial charge in [0.25, 0.3) is 5.56 Å². The van der Waals surface area contributed by atoms with Crippen molar-refractivity contribution in [2.75, 3.05) is 5.32 Å². The molecule has 1 unspecified atom stereocenters. The van der Waals surface area contributed by atoms with Gasteiger partial charge >= 0.3 is 0 Å². The van der Waals surface area contributed by atoms with E-state index in [0.29, 0.717) is 23.4 Å². The number of aromatic amines is 1. The second-order valence-corrected chi connectivity index (χ2v) is 4.59. The molecular weight excluding hydrogens is 256 g/mol. The van der Waals surface area contributed by atoms with Crippen LogP contribution >= 0.6 is 0 Å². The summed E-state index contributed by atoms with van der Waals surface area (Å²) in [6.45, 7) is 2.62. The van der Waals surface area contributed by atoms with Crippen LogP contribution < -0.4 is 10.9 Å². The van der Waals surface area contributed by atoms with E-state index in [2.05, 4.69) is 25.4 Å². The van der Waals surface area contributed by atoms with Gasteiger partial charge in [0.1, 0.15) is 12.7 Å². The first-order chi connectivity index (χ1) is 9.72. The summed E-state index contributed by atoms with van der Waals surface area (Å²) in [4.78, 5) is 23.0. The standard InChI is InChI=1S/C13H14N6O/c1-9(6-19-8-14-7-15-19)16-13-17-11-5-3-2-4-10(11)12(20)18-13/h2-5,7-9H,6H2,1H3,(H2,16,17,18,20). The Bertz CT molecular complexity index is 764. The van der Waals surface area contributed by atoms with E-state index in [1.165, 1.54) is 6.33 Å². The predicted octanol–water partition coefficient (Wildman–Crippen LogP) is 1.02. The van der Waals surface area contributed by atoms with Gasteiger partial charge in [0.2, 0.25) is 5.95 Å². The summed E-state index contributed by atoms with van der Waals surface area (Å²) in [6.07, 6.45) is 3.14. The molecule has 0 saturated heterocycles. The summed E-state index contributed by atoms with van der Waals surface area (Å²) in [5.74, 6) is 0.460. The van der Waals surface area contributed by atoms with Gasteiger partial charge in [-0.1, -0.05) is 12.1 Å². The van der Waals surface area contributed by atoms with Crippen molar-refractivity contribution in [2.45, 2.75) is 19.5 Å². The normalized spacial score (nSPS) is 12.4. The number of H-pyrrole nitrogens is 1. The third-order valence-electron chi connectivity index (χ3n) is 2.92. The largest absolute Gasteiger partial charge is 0.351 e. The Labute approximate surface area is 114 Å². The Kier molecular flexibility index (Phi) is 3.16. The van der Waals surface area contributed by atoms with E-state index in [0.717, 1.165) is 0 Å². The molecule has 0 aliphatic heterocycles. The number of benzene rings is 1. The number of nitrogens with one attached hydrogen (secondary N) is 2. The summed E-state index contributed by atoms with van der Waals surface area (Å²) in [5.41, 5.74) is 0.526. The summed E-state index contributed by atoms with van der Waals surface area (Å²) >= 11 is 0. The molecule has 7 heteroatoms. The third-order valence-corrected chi connectivity index (χ3v) is 2.92. The minimum absolute atomic E-state index is 0.0565. The maximum absolute atomic E-state index is 11.9. The highest BCUT2D eigenvalue weighted by atomic mass is 16.1. The lowest BCUT2D eigenvalue weighted by Crippen LogP contribution is -2.25. The number of nitrogens with zero attached hydrogens (tertiary/aromatic N) is 4. The van der Waals surface area contributed by atoms with E-state index in [1.807, 2.05) is 25.1 Å². The van der Waals surface area contributed by atoms with Crippen LogP contribution in [0.4, 0.5) is 5.95 Å². The zero-order chi connectivity index (χ0) is 13.9. The second-order valence-electron chi connectivity index (χ2n) is 4.59. The van der Waals surface area contributed by atoms with Crippen LogP contribution in [-0.4, -0.2) is 30.8 Å². The molecular formula is C13H14N6O. The van der Waals surface area contributed by atoms with Crippen LogP contribution in [0.15, 0.2) is 41.7 Å². The highest BCUT2D eigenvalue weighted by molar-refractivity contribution is 5.78.